The number of hydrogen-bond donors (Lipinski definition) is 2. The van der Waals surface area contributed by atoms with Gasteiger partial charge in [-0.05, 0) is 24.3 Å². The van der Waals surface area contributed by atoms with Crippen LogP contribution in [0.4, 0.5) is 0 Å². The Hall–Kier alpha value is -3.68. The molecule has 0 fully saturated rings. The molecule has 0 radical (unpaired) electrons. The van der Waals surface area contributed by atoms with E-state index < -0.39 is 0 Å². The average molecular weight is 360 g/mol. The van der Waals surface area contributed by atoms with Crippen LogP contribution in [0.1, 0.15) is 11.4 Å². The molecule has 3 aromatic heterocycles. The highest BCUT2D eigenvalue weighted by atomic mass is 15.3. The van der Waals surface area contributed by atoms with E-state index in [1.165, 1.54) is 0 Å². The fourth-order valence-corrected chi connectivity index (χ4v) is 2.75. The second-order valence-electron chi connectivity index (χ2n) is 5.95. The third kappa shape index (κ3) is 3.79. The Balaban J connectivity index is 1.35. The van der Waals surface area contributed by atoms with E-state index in [1.54, 1.807) is 7.05 Å². The highest BCUT2D eigenvalue weighted by Gasteiger charge is 2.06. The number of aromatic nitrogens is 5. The van der Waals surface area contributed by atoms with Crippen molar-refractivity contribution in [2.45, 2.75) is 13.1 Å². The Kier molecular flexibility index (Phi) is 4.78. The zero-order chi connectivity index (χ0) is 18.5. The van der Waals surface area contributed by atoms with Gasteiger partial charge in [0.2, 0.25) is 0 Å². The maximum absolute atomic E-state index is 4.41. The molecule has 0 aliphatic carbocycles. The van der Waals surface area contributed by atoms with Gasteiger partial charge in [0, 0.05) is 31.5 Å². The lowest BCUT2D eigenvalue weighted by Gasteiger charge is -2.10. The Morgan fingerprint density at radius 1 is 1.00 bits per heavy atom. The molecular formula is C19H20N8. The van der Waals surface area contributed by atoms with E-state index in [0.717, 1.165) is 22.7 Å². The van der Waals surface area contributed by atoms with Crippen LogP contribution in [0, 0.1) is 0 Å². The van der Waals surface area contributed by atoms with E-state index >= 15 is 0 Å². The van der Waals surface area contributed by atoms with Crippen LogP contribution < -0.4 is 10.6 Å². The highest BCUT2D eigenvalue weighted by molar-refractivity contribution is 5.79. The van der Waals surface area contributed by atoms with Crippen molar-refractivity contribution in [1.82, 2.24) is 35.0 Å². The van der Waals surface area contributed by atoms with Crippen LogP contribution in [-0.2, 0) is 13.1 Å². The number of guanidine groups is 1. The molecule has 136 valence electrons. The van der Waals surface area contributed by atoms with Gasteiger partial charge in [-0.25, -0.2) is 4.68 Å². The van der Waals surface area contributed by atoms with Gasteiger partial charge in [-0.2, -0.15) is 5.10 Å². The summed E-state index contributed by atoms with van der Waals surface area (Å²) in [5, 5.41) is 19.3. The number of nitrogens with zero attached hydrogens (tertiary/aromatic N) is 6. The lowest BCUT2D eigenvalue weighted by molar-refractivity contribution is 0.762. The topological polar surface area (TPSA) is 84.4 Å². The van der Waals surface area contributed by atoms with Gasteiger partial charge < -0.3 is 10.6 Å². The first-order valence-corrected chi connectivity index (χ1v) is 8.65. The molecule has 0 saturated carbocycles. The Bertz CT molecular complexity index is 1050. The third-order valence-corrected chi connectivity index (χ3v) is 4.14. The molecular weight excluding hydrogens is 340 g/mol. The summed E-state index contributed by atoms with van der Waals surface area (Å²) < 4.78 is 3.81. The first kappa shape index (κ1) is 16.8. The lowest BCUT2D eigenvalue weighted by atomic mass is 10.3. The van der Waals surface area contributed by atoms with Gasteiger partial charge in [-0.3, -0.25) is 9.39 Å². The van der Waals surface area contributed by atoms with Gasteiger partial charge in [0.05, 0.1) is 18.4 Å². The van der Waals surface area contributed by atoms with Crippen LogP contribution in [0.5, 0.6) is 0 Å². The van der Waals surface area contributed by atoms with Gasteiger partial charge in [0.25, 0.3) is 0 Å². The molecule has 2 N–H and O–H groups in total. The monoisotopic (exact) mass is 360 g/mol. The maximum atomic E-state index is 4.41. The van der Waals surface area contributed by atoms with Crippen molar-refractivity contribution in [1.29, 1.82) is 0 Å². The number of aliphatic imine (C=N–C) groups is 1. The lowest BCUT2D eigenvalue weighted by Crippen LogP contribution is -2.36. The van der Waals surface area contributed by atoms with Gasteiger partial charge in [0.1, 0.15) is 0 Å². The molecule has 0 aliphatic rings. The van der Waals surface area contributed by atoms with Crippen LogP contribution in [0.25, 0.3) is 11.3 Å². The summed E-state index contributed by atoms with van der Waals surface area (Å²) in [7, 11) is 1.74. The van der Waals surface area contributed by atoms with Crippen molar-refractivity contribution in [3.05, 3.63) is 78.5 Å². The molecule has 8 nitrogen and oxygen atoms in total. The van der Waals surface area contributed by atoms with Crippen LogP contribution in [0.3, 0.4) is 0 Å². The maximum Gasteiger partial charge on any atom is 0.191 e. The molecule has 0 atom stereocenters. The average Bonchev–Trinajstić information content (AvgIpc) is 3.36. The molecule has 0 spiro atoms. The van der Waals surface area contributed by atoms with Crippen LogP contribution in [0.15, 0.2) is 72.1 Å². The minimum absolute atomic E-state index is 0.522. The summed E-state index contributed by atoms with van der Waals surface area (Å²) in [6.45, 7) is 1.14. The summed E-state index contributed by atoms with van der Waals surface area (Å²) in [4.78, 5) is 4.26. The van der Waals surface area contributed by atoms with Crippen LogP contribution >= 0.6 is 0 Å². The van der Waals surface area contributed by atoms with E-state index in [1.807, 2.05) is 76.2 Å². The molecule has 4 rings (SSSR count). The van der Waals surface area contributed by atoms with Gasteiger partial charge in [0.15, 0.2) is 17.4 Å². The second-order valence-corrected chi connectivity index (χ2v) is 5.95. The van der Waals surface area contributed by atoms with Gasteiger partial charge >= 0.3 is 0 Å². The quantitative estimate of drug-likeness (QED) is 0.419. The molecule has 8 heteroatoms. The van der Waals surface area contributed by atoms with E-state index in [2.05, 4.69) is 30.9 Å². The SMILES string of the molecule is CN=C(NCc1cnn(-c2ccccc2)c1)NCc1nnc2ccccn12. The number of hydrogen-bond acceptors (Lipinski definition) is 4. The summed E-state index contributed by atoms with van der Waals surface area (Å²) >= 11 is 0. The van der Waals surface area contributed by atoms with E-state index in [4.69, 9.17) is 0 Å². The minimum Gasteiger partial charge on any atom is -0.352 e. The minimum atomic E-state index is 0.522. The van der Waals surface area contributed by atoms with Crippen molar-refractivity contribution in [3.8, 4) is 5.69 Å². The van der Waals surface area contributed by atoms with Crippen molar-refractivity contribution in [3.63, 3.8) is 0 Å². The first-order valence-electron chi connectivity index (χ1n) is 8.65. The number of rotatable bonds is 5. The number of pyridine rings is 1. The standard InChI is InChI=1S/C19H20N8/c1-20-19(22-13-18-25-24-17-9-5-6-10-26(17)18)21-11-15-12-23-27(14-15)16-7-3-2-4-8-16/h2-10,12,14H,11,13H2,1H3,(H2,20,21,22). The van der Waals surface area contributed by atoms with E-state index in [9.17, 15) is 0 Å². The summed E-state index contributed by atoms with van der Waals surface area (Å²) in [5.74, 6) is 1.51. The fourth-order valence-electron chi connectivity index (χ4n) is 2.75. The van der Waals surface area contributed by atoms with Gasteiger partial charge in [-0.1, -0.05) is 24.3 Å². The van der Waals surface area contributed by atoms with Crippen LogP contribution in [-0.4, -0.2) is 37.4 Å². The van der Waals surface area contributed by atoms with Gasteiger partial charge in [-0.15, -0.1) is 10.2 Å². The number of benzene rings is 1. The second kappa shape index (κ2) is 7.69. The normalized spacial score (nSPS) is 11.7. The Labute approximate surface area is 156 Å². The van der Waals surface area contributed by atoms with Crippen molar-refractivity contribution < 1.29 is 0 Å². The smallest absolute Gasteiger partial charge is 0.191 e. The fraction of sp³-hybridized carbons (Fsp3) is 0.158. The molecule has 0 amide bonds. The molecule has 27 heavy (non-hydrogen) atoms. The van der Waals surface area contributed by atoms with Crippen molar-refractivity contribution in [2.24, 2.45) is 4.99 Å². The predicted octanol–water partition coefficient (Wildman–Crippen LogP) is 1.78. The Morgan fingerprint density at radius 3 is 2.67 bits per heavy atom. The number of para-hydroxylation sites is 1. The van der Waals surface area contributed by atoms with Crippen molar-refractivity contribution >= 4 is 11.6 Å². The molecule has 4 aromatic rings. The van der Waals surface area contributed by atoms with E-state index in [0.29, 0.717) is 19.0 Å². The molecule has 0 bridgehead atoms. The predicted molar refractivity (Wildman–Crippen MR) is 104 cm³/mol. The largest absolute Gasteiger partial charge is 0.352 e. The summed E-state index contributed by atoms with van der Waals surface area (Å²) in [6, 6.07) is 15.8. The zero-order valence-corrected chi connectivity index (χ0v) is 14.9. The molecule has 3 heterocycles. The van der Waals surface area contributed by atoms with Crippen LogP contribution in [0.2, 0.25) is 0 Å². The molecule has 0 unspecified atom stereocenters. The molecule has 0 aliphatic heterocycles. The van der Waals surface area contributed by atoms with Crippen molar-refractivity contribution in [2.75, 3.05) is 7.05 Å². The third-order valence-electron chi connectivity index (χ3n) is 4.14. The highest BCUT2D eigenvalue weighted by Crippen LogP contribution is 2.07. The zero-order valence-electron chi connectivity index (χ0n) is 14.9. The van der Waals surface area contributed by atoms with E-state index in [-0.39, 0.29) is 0 Å². The summed E-state index contributed by atoms with van der Waals surface area (Å²) in [5.41, 5.74) is 2.92. The Morgan fingerprint density at radius 2 is 1.81 bits per heavy atom. The number of fused-ring (bicyclic) bond motifs is 1. The molecule has 0 saturated heterocycles. The first-order chi connectivity index (χ1) is 13.3. The molecule has 1 aromatic carbocycles. The summed E-state index contributed by atoms with van der Waals surface area (Å²) in [6.07, 6.45) is 5.79. The number of nitrogens with one attached hydrogen (secondary N) is 2.